The van der Waals surface area contributed by atoms with Crippen LogP contribution in [0.5, 0.6) is 0 Å². The first-order chi connectivity index (χ1) is 16.6. The number of piperidine rings is 1. The van der Waals surface area contributed by atoms with Crippen LogP contribution in [0.3, 0.4) is 0 Å². The van der Waals surface area contributed by atoms with E-state index < -0.39 is 17.7 Å². The highest BCUT2D eigenvalue weighted by atomic mass is 32.2. The van der Waals surface area contributed by atoms with E-state index >= 15 is 0 Å². The van der Waals surface area contributed by atoms with Gasteiger partial charge in [0.2, 0.25) is 11.9 Å². The summed E-state index contributed by atoms with van der Waals surface area (Å²) in [6.07, 6.45) is 1.60. The number of hydrogen-bond donors (Lipinski definition) is 2. The Bertz CT molecular complexity index is 765. The molecule has 0 aromatic rings. The predicted molar refractivity (Wildman–Crippen MR) is 138 cm³/mol. The number of nitriles is 1. The third kappa shape index (κ3) is 9.86. The Hall–Kier alpha value is -2.03. The van der Waals surface area contributed by atoms with Crippen molar-refractivity contribution in [1.29, 1.82) is 5.26 Å². The van der Waals surface area contributed by atoms with Gasteiger partial charge in [0.25, 0.3) is 0 Å². The van der Waals surface area contributed by atoms with Gasteiger partial charge in [0.15, 0.2) is 0 Å². The number of hydrogen-bond acceptors (Lipinski definition) is 8. The summed E-state index contributed by atoms with van der Waals surface area (Å²) in [6, 6.07) is 1.59. The van der Waals surface area contributed by atoms with Crippen LogP contribution in [-0.4, -0.2) is 102 Å². The fourth-order valence-electron chi connectivity index (χ4n) is 3.93. The molecular formula is C24H42N6O4S. The molecular weight excluding hydrogens is 468 g/mol. The minimum Gasteiger partial charge on any atom is -0.450 e. The number of morpholine rings is 1. The molecule has 2 aliphatic rings. The van der Waals surface area contributed by atoms with E-state index in [-0.39, 0.29) is 17.3 Å². The molecule has 1 unspecified atom stereocenters. The molecule has 0 aromatic heterocycles. The number of carbonyl (C=O) groups excluding carboxylic acids is 2. The fourth-order valence-corrected chi connectivity index (χ4v) is 4.82. The second-order valence-corrected chi connectivity index (χ2v) is 11.7. The molecule has 35 heavy (non-hydrogen) atoms. The molecule has 2 N–H and O–H groups in total. The van der Waals surface area contributed by atoms with Crippen molar-refractivity contribution in [3.05, 3.63) is 0 Å². The zero-order chi connectivity index (χ0) is 25.9. The highest BCUT2D eigenvalue weighted by Gasteiger charge is 2.38. The van der Waals surface area contributed by atoms with Crippen molar-refractivity contribution in [2.45, 2.75) is 70.2 Å². The van der Waals surface area contributed by atoms with Gasteiger partial charge in [0, 0.05) is 36.7 Å². The Morgan fingerprint density at radius 1 is 1.20 bits per heavy atom. The Labute approximate surface area is 214 Å². The van der Waals surface area contributed by atoms with Crippen molar-refractivity contribution >= 4 is 29.7 Å². The fraction of sp³-hybridized carbons (Fsp3) is 0.833. The number of nitrogens with zero attached hydrogens (tertiary/aromatic N) is 4. The van der Waals surface area contributed by atoms with Gasteiger partial charge in [0.05, 0.1) is 25.9 Å². The Kier molecular flexibility index (Phi) is 11.6. The summed E-state index contributed by atoms with van der Waals surface area (Å²) < 4.78 is 10.4. The molecule has 1 atom stereocenters. The number of carbonyl (C=O) groups is 2. The van der Waals surface area contributed by atoms with Crippen LogP contribution < -0.4 is 10.6 Å². The molecule has 2 heterocycles. The lowest BCUT2D eigenvalue weighted by Gasteiger charge is -2.38. The largest absolute Gasteiger partial charge is 0.450 e. The summed E-state index contributed by atoms with van der Waals surface area (Å²) in [6.45, 7) is 15.0. The maximum absolute atomic E-state index is 13.5. The average Bonchev–Trinajstić information content (AvgIpc) is 2.82. The van der Waals surface area contributed by atoms with Crippen molar-refractivity contribution < 1.29 is 19.1 Å². The van der Waals surface area contributed by atoms with Crippen LogP contribution in [0, 0.1) is 11.3 Å². The minimum atomic E-state index is -0.908. The van der Waals surface area contributed by atoms with E-state index in [1.165, 1.54) is 0 Å². The number of amides is 2. The van der Waals surface area contributed by atoms with Crippen LogP contribution >= 0.6 is 11.8 Å². The van der Waals surface area contributed by atoms with Crippen molar-refractivity contribution in [2.75, 3.05) is 58.3 Å². The SMILES string of the molecule is CCCN1CCC(C#N)(NC(=O)C(CSC(C)(C)C)N=C(NC(=O)OCC)N2CCOCC2)CC1. The second-order valence-electron chi connectivity index (χ2n) is 9.86. The molecule has 2 amide bonds. The van der Waals surface area contributed by atoms with Crippen LogP contribution in [0.25, 0.3) is 0 Å². The molecule has 11 heteroatoms. The number of likely N-dealkylation sites (tertiary alicyclic amines) is 1. The molecule has 0 spiro atoms. The number of thioether (sulfide) groups is 1. The monoisotopic (exact) mass is 510 g/mol. The Balaban J connectivity index is 2.26. The lowest BCUT2D eigenvalue weighted by molar-refractivity contribution is -0.123. The molecule has 0 aliphatic carbocycles. The molecule has 2 rings (SSSR count). The van der Waals surface area contributed by atoms with Crippen molar-refractivity contribution in [3.63, 3.8) is 0 Å². The lowest BCUT2D eigenvalue weighted by atomic mass is 9.88. The number of alkyl carbamates (subject to hydrolysis) is 1. The molecule has 0 saturated carbocycles. The highest BCUT2D eigenvalue weighted by molar-refractivity contribution is 8.00. The van der Waals surface area contributed by atoms with Crippen LogP contribution in [-0.2, 0) is 14.3 Å². The summed E-state index contributed by atoms with van der Waals surface area (Å²) in [5.74, 6) is 0.408. The maximum atomic E-state index is 13.5. The predicted octanol–water partition coefficient (Wildman–Crippen LogP) is 2.21. The van der Waals surface area contributed by atoms with Gasteiger partial charge in [-0.1, -0.05) is 27.7 Å². The van der Waals surface area contributed by atoms with E-state index in [0.717, 1.165) is 26.1 Å². The normalized spacial score (nSPS) is 20.0. The quantitative estimate of drug-likeness (QED) is 0.377. The molecule has 0 radical (unpaired) electrons. The van der Waals surface area contributed by atoms with Gasteiger partial charge in [0.1, 0.15) is 11.6 Å². The van der Waals surface area contributed by atoms with E-state index in [1.54, 1.807) is 18.7 Å². The van der Waals surface area contributed by atoms with Gasteiger partial charge in [-0.25, -0.2) is 9.79 Å². The smallest absolute Gasteiger partial charge is 0.413 e. The second kappa shape index (κ2) is 13.9. The maximum Gasteiger partial charge on any atom is 0.413 e. The van der Waals surface area contributed by atoms with Gasteiger partial charge >= 0.3 is 6.09 Å². The summed E-state index contributed by atoms with van der Waals surface area (Å²) in [5, 5.41) is 15.7. The molecule has 0 aromatic carbocycles. The van der Waals surface area contributed by atoms with Crippen LogP contribution in [0.4, 0.5) is 4.79 Å². The van der Waals surface area contributed by atoms with E-state index in [9.17, 15) is 14.9 Å². The molecule has 198 valence electrons. The lowest BCUT2D eigenvalue weighted by Crippen LogP contribution is -2.57. The van der Waals surface area contributed by atoms with Crippen LogP contribution in [0.2, 0.25) is 0 Å². The Morgan fingerprint density at radius 3 is 2.40 bits per heavy atom. The summed E-state index contributed by atoms with van der Waals surface area (Å²) in [5.41, 5.74) is -0.908. The molecule has 2 aliphatic heterocycles. The molecule has 0 bridgehead atoms. The van der Waals surface area contributed by atoms with E-state index in [0.29, 0.717) is 50.9 Å². The zero-order valence-corrected chi connectivity index (χ0v) is 22.7. The van der Waals surface area contributed by atoms with Gasteiger partial charge in [-0.05, 0) is 32.7 Å². The number of ether oxygens (including phenoxy) is 2. The third-order valence-corrected chi connectivity index (χ3v) is 7.23. The Morgan fingerprint density at radius 2 is 1.86 bits per heavy atom. The first-order valence-electron chi connectivity index (χ1n) is 12.5. The van der Waals surface area contributed by atoms with Crippen molar-refractivity contribution in [3.8, 4) is 6.07 Å². The summed E-state index contributed by atoms with van der Waals surface area (Å²) in [7, 11) is 0. The number of rotatable bonds is 8. The number of aliphatic imine (C=N–C) groups is 1. The van der Waals surface area contributed by atoms with Crippen molar-refractivity contribution in [2.24, 2.45) is 4.99 Å². The topological polar surface area (TPSA) is 119 Å². The first kappa shape index (κ1) is 29.2. The molecule has 2 fully saturated rings. The van der Waals surface area contributed by atoms with Crippen LogP contribution in [0.1, 0.15) is 53.9 Å². The van der Waals surface area contributed by atoms with Crippen molar-refractivity contribution in [1.82, 2.24) is 20.4 Å². The molecule has 10 nitrogen and oxygen atoms in total. The van der Waals surface area contributed by atoms with Crippen LogP contribution in [0.15, 0.2) is 4.99 Å². The highest BCUT2D eigenvalue weighted by Crippen LogP contribution is 2.26. The molecule has 2 saturated heterocycles. The van der Waals surface area contributed by atoms with E-state index in [4.69, 9.17) is 14.5 Å². The number of nitrogens with one attached hydrogen (secondary N) is 2. The van der Waals surface area contributed by atoms with E-state index in [2.05, 4.69) is 49.3 Å². The van der Waals surface area contributed by atoms with Gasteiger partial charge in [-0.15, -0.1) is 0 Å². The minimum absolute atomic E-state index is 0.0832. The first-order valence-corrected chi connectivity index (χ1v) is 13.5. The van der Waals surface area contributed by atoms with Gasteiger partial charge in [-0.2, -0.15) is 17.0 Å². The third-order valence-electron chi connectivity index (χ3n) is 5.88. The zero-order valence-electron chi connectivity index (χ0n) is 21.9. The average molecular weight is 511 g/mol. The number of guanidine groups is 1. The summed E-state index contributed by atoms with van der Waals surface area (Å²) in [4.78, 5) is 34.7. The van der Waals surface area contributed by atoms with Gasteiger partial charge < -0.3 is 24.6 Å². The van der Waals surface area contributed by atoms with E-state index in [1.807, 2.05) is 4.90 Å². The summed E-state index contributed by atoms with van der Waals surface area (Å²) >= 11 is 1.62. The standard InChI is InChI=1S/C24H42N6O4S/c1-6-10-29-11-8-24(18-25,9-12-29)28-20(31)19(17-35-23(3,4)5)26-21(27-22(32)34-7-2)30-13-15-33-16-14-30/h19H,6-17H2,1-5H3,(H,28,31)(H,26,27,32). The van der Waals surface area contributed by atoms with Gasteiger partial charge in [-0.3, -0.25) is 10.1 Å².